The average Bonchev–Trinajstić information content (AvgIpc) is 3.31. The van der Waals surface area contributed by atoms with Crippen molar-refractivity contribution in [3.63, 3.8) is 0 Å². The third-order valence-corrected chi connectivity index (χ3v) is 13.2. The first-order valence-electron chi connectivity index (χ1n) is 25.0. The highest BCUT2D eigenvalue weighted by Crippen LogP contribution is 2.34. The molecule has 0 bridgehead atoms. The van der Waals surface area contributed by atoms with Crippen molar-refractivity contribution in [1.82, 2.24) is 20.9 Å². The van der Waals surface area contributed by atoms with Gasteiger partial charge in [-0.25, -0.2) is 4.79 Å². The number of carbonyl (C=O) groups is 5. The van der Waals surface area contributed by atoms with Crippen LogP contribution < -0.4 is 20.7 Å². The lowest BCUT2D eigenvalue weighted by molar-refractivity contribution is -0.179. The van der Waals surface area contributed by atoms with E-state index in [9.17, 15) is 24.0 Å². The number of nitrogens with one attached hydrogen (secondary N) is 3. The quantitative estimate of drug-likeness (QED) is 0.0415. The van der Waals surface area contributed by atoms with Gasteiger partial charge in [0.15, 0.2) is 6.10 Å². The SMILES string of the molecule is COc1ccc(C[C@H]2NC(=O)/C=C/C[C@@H]([C@H](C)[C@@H](C)[C@H](C)c3ccc(CN(C)CCOCCOCCOCCNC(=O)CCC(C)(C)S)cc3)OC(=O)[C@H](CC(C)C)OC(=O)C(C)(C)CNC2=O)cc1Cl. The first-order chi connectivity index (χ1) is 33.5. The Kier molecular flexibility index (Phi) is 26.5. The van der Waals surface area contributed by atoms with E-state index in [0.29, 0.717) is 75.4 Å². The van der Waals surface area contributed by atoms with E-state index in [4.69, 9.17) is 40.0 Å². The van der Waals surface area contributed by atoms with Crippen LogP contribution in [0.3, 0.4) is 0 Å². The van der Waals surface area contributed by atoms with E-state index >= 15 is 0 Å². The fourth-order valence-electron chi connectivity index (χ4n) is 7.77. The molecule has 1 aliphatic heterocycles. The molecule has 3 amide bonds. The van der Waals surface area contributed by atoms with Crippen molar-refractivity contribution in [2.45, 2.75) is 130 Å². The summed E-state index contributed by atoms with van der Waals surface area (Å²) < 4.78 is 34.2. The molecule has 0 fully saturated rings. The molecular weight excluding hydrogens is 948 g/mol. The van der Waals surface area contributed by atoms with E-state index < -0.39 is 47.4 Å². The Balaban J connectivity index is 1.59. The summed E-state index contributed by atoms with van der Waals surface area (Å²) in [5.74, 6) is -1.95. The molecule has 1 heterocycles. The van der Waals surface area contributed by atoms with Gasteiger partial charge in [-0.3, -0.25) is 24.1 Å². The van der Waals surface area contributed by atoms with Crippen molar-refractivity contribution < 1.29 is 52.4 Å². The normalized spacial score (nSPS) is 20.1. The monoisotopic (exact) mass is 1030 g/mol. The largest absolute Gasteiger partial charge is 0.495 e. The van der Waals surface area contributed by atoms with Crippen LogP contribution in [0.1, 0.15) is 111 Å². The highest BCUT2D eigenvalue weighted by Gasteiger charge is 2.38. The molecule has 398 valence electrons. The van der Waals surface area contributed by atoms with Crippen molar-refractivity contribution in [2.75, 3.05) is 73.4 Å². The molecule has 0 aliphatic carbocycles. The molecule has 0 radical (unpaired) electrons. The van der Waals surface area contributed by atoms with Gasteiger partial charge in [-0.05, 0) is 92.3 Å². The highest BCUT2D eigenvalue weighted by molar-refractivity contribution is 7.81. The number of hydrogen-bond acceptors (Lipinski definition) is 13. The number of thiol groups is 1. The molecule has 17 heteroatoms. The number of halogens is 1. The van der Waals surface area contributed by atoms with Crippen molar-refractivity contribution in [2.24, 2.45) is 23.2 Å². The van der Waals surface area contributed by atoms with Gasteiger partial charge >= 0.3 is 11.9 Å². The van der Waals surface area contributed by atoms with Crippen LogP contribution in [0, 0.1) is 23.2 Å². The standard InChI is InChI=1S/C54H83ClN4O11S/c1-36(2)31-47-51(63)69-45(13-12-14-49(61)58-44(33-41-17-20-46(65-11)43(55)32-41)50(62)57-35-53(6,7)52(64)70-47)39(5)37(3)38(4)42-18-15-40(16-19-42)34-59(10)24-26-67-28-30-68-29-27-66-25-23-56-48(60)21-22-54(8,9)71/h12,14-20,32,36-39,44-45,47,71H,13,21-31,33-35H2,1-11H3,(H,56,60)(H,57,62)(H,58,61)/b14-12+/t37-,38-,39+,44+,45-,47-/m0/s1. The zero-order valence-corrected chi connectivity index (χ0v) is 45.8. The van der Waals surface area contributed by atoms with E-state index in [0.717, 1.165) is 24.2 Å². The van der Waals surface area contributed by atoms with Gasteiger partial charge in [0.25, 0.3) is 0 Å². The average molecular weight is 1030 g/mol. The summed E-state index contributed by atoms with van der Waals surface area (Å²) in [6, 6.07) is 12.7. The molecule has 2 aromatic rings. The maximum atomic E-state index is 14.0. The lowest BCUT2D eigenvalue weighted by Crippen LogP contribution is -2.51. The Labute approximate surface area is 433 Å². The molecule has 3 N–H and O–H groups in total. The van der Waals surface area contributed by atoms with Crippen molar-refractivity contribution in [3.05, 3.63) is 76.3 Å². The summed E-state index contributed by atoms with van der Waals surface area (Å²) in [5, 5.41) is 8.83. The van der Waals surface area contributed by atoms with Crippen LogP contribution in [0.4, 0.5) is 0 Å². The Hall–Kier alpha value is -4.19. The number of ether oxygens (including phenoxy) is 6. The van der Waals surface area contributed by atoms with E-state index in [2.05, 4.69) is 78.6 Å². The fraction of sp³-hybridized carbons (Fsp3) is 0.648. The van der Waals surface area contributed by atoms with Crippen molar-refractivity contribution >= 4 is 53.9 Å². The van der Waals surface area contributed by atoms with Crippen LogP contribution in [0.5, 0.6) is 5.75 Å². The summed E-state index contributed by atoms with van der Waals surface area (Å²) >= 11 is 10.8. The molecule has 15 nitrogen and oxygen atoms in total. The Morgan fingerprint density at radius 3 is 2.18 bits per heavy atom. The first kappa shape index (κ1) is 61.1. The zero-order valence-electron chi connectivity index (χ0n) is 44.1. The second-order valence-corrected chi connectivity index (χ2v) is 22.1. The van der Waals surface area contributed by atoms with Crippen LogP contribution >= 0.6 is 24.2 Å². The molecule has 0 aromatic heterocycles. The van der Waals surface area contributed by atoms with Gasteiger partial charge in [0.1, 0.15) is 17.9 Å². The number of carbonyl (C=O) groups excluding carboxylic acids is 5. The number of likely N-dealkylation sites (N-methyl/N-ethyl adjacent to an activating group) is 1. The number of amides is 3. The molecule has 0 saturated carbocycles. The predicted octanol–water partition coefficient (Wildman–Crippen LogP) is 7.51. The summed E-state index contributed by atoms with van der Waals surface area (Å²) in [4.78, 5) is 68.9. The molecular formula is C54H83ClN4O11S. The molecule has 2 aromatic carbocycles. The maximum Gasteiger partial charge on any atom is 0.347 e. The minimum atomic E-state index is -1.22. The van der Waals surface area contributed by atoms with Crippen molar-refractivity contribution in [1.29, 1.82) is 0 Å². The third kappa shape index (κ3) is 23.1. The molecule has 1 aliphatic rings. The Morgan fingerprint density at radius 1 is 0.930 bits per heavy atom. The van der Waals surface area contributed by atoms with Crippen LogP contribution in [0.2, 0.25) is 5.02 Å². The topological polar surface area (TPSA) is 180 Å². The third-order valence-electron chi connectivity index (χ3n) is 12.7. The van der Waals surface area contributed by atoms with Gasteiger partial charge in [-0.1, -0.05) is 96.5 Å². The number of nitrogens with zero attached hydrogens (tertiary/aromatic N) is 1. The van der Waals surface area contributed by atoms with Crippen LogP contribution in [0.15, 0.2) is 54.6 Å². The molecule has 3 rings (SSSR count). The molecule has 0 spiro atoms. The molecule has 0 saturated heterocycles. The van der Waals surface area contributed by atoms with Gasteiger partial charge in [0.05, 0.1) is 57.2 Å². The number of hydrogen-bond donors (Lipinski definition) is 4. The van der Waals surface area contributed by atoms with Gasteiger partial charge in [-0.15, -0.1) is 0 Å². The number of esters is 2. The Bertz CT molecular complexity index is 2010. The zero-order chi connectivity index (χ0) is 52.7. The van der Waals surface area contributed by atoms with E-state index in [1.807, 2.05) is 34.6 Å². The number of rotatable bonds is 26. The summed E-state index contributed by atoms with van der Waals surface area (Å²) in [7, 11) is 3.56. The molecule has 71 heavy (non-hydrogen) atoms. The van der Waals surface area contributed by atoms with E-state index in [1.54, 1.807) is 38.1 Å². The van der Waals surface area contributed by atoms with E-state index in [-0.39, 0.29) is 60.1 Å². The molecule has 6 atom stereocenters. The second kappa shape index (κ2) is 30.8. The van der Waals surface area contributed by atoms with Gasteiger partial charge in [0, 0.05) is 50.2 Å². The van der Waals surface area contributed by atoms with Crippen LogP contribution in [-0.4, -0.2) is 131 Å². The van der Waals surface area contributed by atoms with Crippen LogP contribution in [-0.2, 0) is 60.6 Å². The summed E-state index contributed by atoms with van der Waals surface area (Å²) in [6.45, 7) is 22.1. The Morgan fingerprint density at radius 2 is 1.56 bits per heavy atom. The lowest BCUT2D eigenvalue weighted by atomic mass is 9.77. The second-order valence-electron chi connectivity index (χ2n) is 20.5. The van der Waals surface area contributed by atoms with Gasteiger partial charge < -0.3 is 44.4 Å². The summed E-state index contributed by atoms with van der Waals surface area (Å²) in [5.41, 5.74) is 1.75. The van der Waals surface area contributed by atoms with Crippen molar-refractivity contribution in [3.8, 4) is 5.75 Å². The van der Waals surface area contributed by atoms with E-state index in [1.165, 1.54) is 13.2 Å². The minimum Gasteiger partial charge on any atom is -0.495 e. The number of benzene rings is 2. The maximum absolute atomic E-state index is 14.0. The first-order valence-corrected chi connectivity index (χ1v) is 25.8. The van der Waals surface area contributed by atoms with Gasteiger partial charge in [-0.2, -0.15) is 12.6 Å². The van der Waals surface area contributed by atoms with Crippen LogP contribution in [0.25, 0.3) is 0 Å². The summed E-state index contributed by atoms with van der Waals surface area (Å²) in [6.07, 6.45) is 2.89. The molecule has 0 unspecified atom stereocenters. The smallest absolute Gasteiger partial charge is 0.347 e. The number of methoxy groups -OCH3 is 1. The van der Waals surface area contributed by atoms with Gasteiger partial charge in [0.2, 0.25) is 17.7 Å². The number of cyclic esters (lactones) is 2. The predicted molar refractivity (Wildman–Crippen MR) is 281 cm³/mol. The fourth-order valence-corrected chi connectivity index (χ4v) is 8.16. The minimum absolute atomic E-state index is 0.000599. The lowest BCUT2D eigenvalue weighted by Gasteiger charge is -2.33. The highest BCUT2D eigenvalue weighted by atomic mass is 35.5.